The number of carboxylic acid groups (broad SMARTS) is 1. The van der Waals surface area contributed by atoms with Crippen LogP contribution < -0.4 is 4.90 Å². The Kier molecular flexibility index (Phi) is 5.26. The number of anilines is 2. The van der Waals surface area contributed by atoms with Gasteiger partial charge in [0.25, 0.3) is 0 Å². The molecule has 0 aliphatic carbocycles. The molecule has 0 aliphatic rings. The van der Waals surface area contributed by atoms with Gasteiger partial charge in [-0.2, -0.15) is 0 Å². The van der Waals surface area contributed by atoms with Gasteiger partial charge in [0.2, 0.25) is 0 Å². The molecule has 0 bridgehead atoms. The predicted octanol–water partition coefficient (Wildman–Crippen LogP) is 3.69. The van der Waals surface area contributed by atoms with Crippen molar-refractivity contribution in [2.75, 3.05) is 17.7 Å². The lowest BCUT2D eigenvalue weighted by Crippen LogP contribution is -2.14. The molecule has 0 saturated heterocycles. The minimum Gasteiger partial charge on any atom is -0.481 e. The van der Waals surface area contributed by atoms with Crippen molar-refractivity contribution in [2.24, 2.45) is 0 Å². The highest BCUT2D eigenvalue weighted by Gasteiger charge is 2.13. The van der Waals surface area contributed by atoms with E-state index in [-0.39, 0.29) is 10.9 Å². The summed E-state index contributed by atoms with van der Waals surface area (Å²) in [5, 5.41) is 9.38. The zero-order valence-electron chi connectivity index (χ0n) is 12.5. The molecule has 116 valence electrons. The fourth-order valence-electron chi connectivity index (χ4n) is 1.97. The van der Waals surface area contributed by atoms with E-state index in [1.54, 1.807) is 6.07 Å². The first-order valence-corrected chi connectivity index (χ1v) is 7.94. The van der Waals surface area contributed by atoms with E-state index in [0.29, 0.717) is 11.0 Å². The van der Waals surface area contributed by atoms with Crippen LogP contribution in [0.5, 0.6) is 0 Å². The predicted molar refractivity (Wildman–Crippen MR) is 89.4 cm³/mol. The standard InChI is InChI=1S/C15H16ClN3O2S/c1-9-5-4-6-11(10(9)2)19(3)13-7-12(16)17-15(18-13)22-8-14(20)21/h4-7H,8H2,1-3H3,(H,20,21). The van der Waals surface area contributed by atoms with E-state index in [9.17, 15) is 4.79 Å². The molecular weight excluding hydrogens is 322 g/mol. The summed E-state index contributed by atoms with van der Waals surface area (Å²) in [5.74, 6) is -0.396. The lowest BCUT2D eigenvalue weighted by atomic mass is 10.1. The lowest BCUT2D eigenvalue weighted by molar-refractivity contribution is -0.133. The smallest absolute Gasteiger partial charge is 0.313 e. The summed E-state index contributed by atoms with van der Waals surface area (Å²) >= 11 is 7.07. The van der Waals surface area contributed by atoms with Gasteiger partial charge >= 0.3 is 5.97 Å². The minimum atomic E-state index is -0.919. The van der Waals surface area contributed by atoms with E-state index in [2.05, 4.69) is 9.97 Å². The number of aliphatic carboxylic acids is 1. The highest BCUT2D eigenvalue weighted by molar-refractivity contribution is 7.99. The average molecular weight is 338 g/mol. The van der Waals surface area contributed by atoms with E-state index in [1.807, 2.05) is 44.0 Å². The molecule has 22 heavy (non-hydrogen) atoms. The van der Waals surface area contributed by atoms with Crippen molar-refractivity contribution in [3.8, 4) is 0 Å². The minimum absolute atomic E-state index is 0.104. The maximum atomic E-state index is 10.7. The molecule has 0 radical (unpaired) electrons. The Morgan fingerprint density at radius 3 is 2.77 bits per heavy atom. The molecule has 1 N–H and O–H groups in total. The van der Waals surface area contributed by atoms with Crippen LogP contribution in [0.1, 0.15) is 11.1 Å². The topological polar surface area (TPSA) is 66.3 Å². The zero-order chi connectivity index (χ0) is 16.3. The van der Waals surface area contributed by atoms with Crippen molar-refractivity contribution in [1.82, 2.24) is 9.97 Å². The average Bonchev–Trinajstić information content (AvgIpc) is 2.47. The lowest BCUT2D eigenvalue weighted by Gasteiger charge is -2.22. The fourth-order valence-corrected chi connectivity index (χ4v) is 2.77. The van der Waals surface area contributed by atoms with Crippen LogP contribution in [0, 0.1) is 13.8 Å². The summed E-state index contributed by atoms with van der Waals surface area (Å²) < 4.78 is 0. The van der Waals surface area contributed by atoms with Crippen molar-refractivity contribution in [3.63, 3.8) is 0 Å². The first-order chi connectivity index (χ1) is 10.4. The third kappa shape index (κ3) is 3.90. The second-order valence-electron chi connectivity index (χ2n) is 4.79. The van der Waals surface area contributed by atoms with Crippen LogP contribution in [0.15, 0.2) is 29.4 Å². The molecule has 0 unspecified atom stereocenters. The van der Waals surface area contributed by atoms with Gasteiger partial charge in [-0.05, 0) is 31.0 Å². The Labute approximate surface area is 138 Å². The Balaban J connectivity index is 2.35. The highest BCUT2D eigenvalue weighted by Crippen LogP contribution is 2.29. The number of thioether (sulfide) groups is 1. The van der Waals surface area contributed by atoms with E-state index < -0.39 is 5.97 Å². The molecule has 0 spiro atoms. The van der Waals surface area contributed by atoms with Gasteiger partial charge in [0.15, 0.2) is 5.16 Å². The maximum Gasteiger partial charge on any atom is 0.313 e. The summed E-state index contributed by atoms with van der Waals surface area (Å²) in [6, 6.07) is 7.70. The van der Waals surface area contributed by atoms with Gasteiger partial charge in [0, 0.05) is 18.8 Å². The molecule has 0 fully saturated rings. The maximum absolute atomic E-state index is 10.7. The summed E-state index contributed by atoms with van der Waals surface area (Å²) in [5.41, 5.74) is 3.36. The number of halogens is 1. The normalized spacial score (nSPS) is 10.5. The van der Waals surface area contributed by atoms with Gasteiger partial charge in [-0.3, -0.25) is 4.79 Å². The number of nitrogens with zero attached hydrogens (tertiary/aromatic N) is 3. The van der Waals surface area contributed by atoms with Crippen LogP contribution in [0.2, 0.25) is 5.15 Å². The second-order valence-corrected chi connectivity index (χ2v) is 6.12. The Morgan fingerprint density at radius 1 is 1.36 bits per heavy atom. The van der Waals surface area contributed by atoms with Crippen molar-refractivity contribution < 1.29 is 9.90 Å². The van der Waals surface area contributed by atoms with E-state index in [4.69, 9.17) is 16.7 Å². The SMILES string of the molecule is Cc1cccc(N(C)c2cc(Cl)nc(SCC(=O)O)n2)c1C. The molecule has 2 aromatic rings. The van der Waals surface area contributed by atoms with Gasteiger partial charge in [-0.25, -0.2) is 9.97 Å². The molecule has 2 rings (SSSR count). The third-order valence-corrected chi connectivity index (χ3v) is 4.29. The number of hydrogen-bond donors (Lipinski definition) is 1. The fraction of sp³-hybridized carbons (Fsp3) is 0.267. The monoisotopic (exact) mass is 337 g/mol. The van der Waals surface area contributed by atoms with Crippen molar-refractivity contribution in [2.45, 2.75) is 19.0 Å². The molecule has 0 saturated carbocycles. The van der Waals surface area contributed by atoms with E-state index in [0.717, 1.165) is 23.0 Å². The number of benzene rings is 1. The number of rotatable bonds is 5. The van der Waals surface area contributed by atoms with Crippen LogP contribution in [0.25, 0.3) is 0 Å². The molecule has 5 nitrogen and oxygen atoms in total. The van der Waals surface area contributed by atoms with E-state index in [1.165, 1.54) is 5.56 Å². The molecule has 0 atom stereocenters. The van der Waals surface area contributed by atoms with Gasteiger partial charge in [0.05, 0.1) is 5.75 Å². The summed E-state index contributed by atoms with van der Waals surface area (Å²) in [6.45, 7) is 4.10. The summed E-state index contributed by atoms with van der Waals surface area (Å²) in [4.78, 5) is 21.0. The highest BCUT2D eigenvalue weighted by atomic mass is 35.5. The molecule has 0 amide bonds. The number of aryl methyl sites for hydroxylation is 1. The summed E-state index contributed by atoms with van der Waals surface area (Å²) in [6.07, 6.45) is 0. The van der Waals surface area contributed by atoms with Crippen molar-refractivity contribution in [3.05, 3.63) is 40.5 Å². The number of hydrogen-bond acceptors (Lipinski definition) is 5. The molecule has 1 aromatic carbocycles. The molecule has 1 heterocycles. The number of aromatic nitrogens is 2. The number of carbonyl (C=O) groups is 1. The van der Waals surface area contributed by atoms with Crippen molar-refractivity contribution >= 4 is 40.8 Å². The van der Waals surface area contributed by atoms with Crippen LogP contribution in [-0.4, -0.2) is 33.8 Å². The van der Waals surface area contributed by atoms with Gasteiger partial charge in [0.1, 0.15) is 11.0 Å². The zero-order valence-corrected chi connectivity index (χ0v) is 14.1. The molecule has 0 aliphatic heterocycles. The number of carboxylic acids is 1. The second kappa shape index (κ2) is 6.98. The van der Waals surface area contributed by atoms with Crippen LogP contribution in [0.4, 0.5) is 11.5 Å². The first kappa shape index (κ1) is 16.6. The summed E-state index contributed by atoms with van der Waals surface area (Å²) in [7, 11) is 1.89. The van der Waals surface area contributed by atoms with Crippen LogP contribution in [0.3, 0.4) is 0 Å². The van der Waals surface area contributed by atoms with Crippen molar-refractivity contribution in [1.29, 1.82) is 0 Å². The Hall–Kier alpha value is -1.79. The molecular formula is C15H16ClN3O2S. The first-order valence-electron chi connectivity index (χ1n) is 6.57. The Bertz CT molecular complexity index is 709. The molecule has 7 heteroatoms. The Morgan fingerprint density at radius 2 is 2.09 bits per heavy atom. The van der Waals surface area contributed by atoms with Gasteiger partial charge < -0.3 is 10.0 Å². The van der Waals surface area contributed by atoms with E-state index >= 15 is 0 Å². The quantitative estimate of drug-likeness (QED) is 0.510. The third-order valence-electron chi connectivity index (χ3n) is 3.27. The van der Waals surface area contributed by atoms with Crippen LogP contribution >= 0.6 is 23.4 Å². The molecule has 1 aromatic heterocycles. The van der Waals surface area contributed by atoms with Gasteiger partial charge in [-0.1, -0.05) is 35.5 Å². The van der Waals surface area contributed by atoms with Crippen LogP contribution in [-0.2, 0) is 4.79 Å². The largest absolute Gasteiger partial charge is 0.481 e. The van der Waals surface area contributed by atoms with Gasteiger partial charge in [-0.15, -0.1) is 0 Å².